The lowest BCUT2D eigenvalue weighted by molar-refractivity contribution is -0.147. The van der Waals surface area contributed by atoms with Gasteiger partial charge in [0.05, 0.1) is 23.0 Å². The second kappa shape index (κ2) is 11.1. The average Bonchev–Trinajstić information content (AvgIpc) is 3.67. The van der Waals surface area contributed by atoms with E-state index < -0.39 is 29.1 Å². The van der Waals surface area contributed by atoms with Crippen LogP contribution in [0.3, 0.4) is 0 Å². The van der Waals surface area contributed by atoms with Crippen LogP contribution in [0.5, 0.6) is 0 Å². The lowest BCUT2D eigenvalue weighted by atomic mass is 9.62. The fraction of sp³-hybridized carbons (Fsp3) is 0.516. The normalized spacial score (nSPS) is 29.7. The molecule has 3 aliphatic heterocycles. The first-order valence-corrected chi connectivity index (χ1v) is 14.8. The molecular formula is C31H38N6O5. The van der Waals surface area contributed by atoms with Gasteiger partial charge in [-0.1, -0.05) is 54.6 Å². The van der Waals surface area contributed by atoms with Gasteiger partial charge in [-0.15, -0.1) is 5.10 Å². The zero-order chi connectivity index (χ0) is 29.5. The van der Waals surface area contributed by atoms with Crippen molar-refractivity contribution in [3.05, 3.63) is 60.2 Å². The molecule has 11 heteroatoms. The van der Waals surface area contributed by atoms with Crippen LogP contribution in [0.4, 0.5) is 0 Å². The number of aromatic nitrogens is 3. The minimum atomic E-state index is -1.12. The molecule has 3 fully saturated rings. The Labute approximate surface area is 244 Å². The van der Waals surface area contributed by atoms with Gasteiger partial charge in [0, 0.05) is 19.7 Å². The van der Waals surface area contributed by atoms with Gasteiger partial charge in [-0.25, -0.2) is 4.68 Å². The third kappa shape index (κ3) is 4.55. The Bertz CT molecular complexity index is 1480. The standard InChI is InChI=1S/C31H38N6O5/c1-20-17-31-25(24(30(20,2)42-31)27(39)32-18-21-11-5-3-6-12-21)29(41)36(15-9-4-10-16-38)26(31)28(40)33-19-37-23-14-8-7-13-22(23)34-35-37/h3,5-8,11-14,20,24-26,38H,4,9-10,15-19H2,1-2H3,(H,32,39)(H,33,40)/t20?,24-,25-,26?,30+,31?/m0/s1. The number of amides is 3. The van der Waals surface area contributed by atoms with E-state index in [2.05, 4.69) is 20.9 Å². The second-order valence-corrected chi connectivity index (χ2v) is 12.0. The van der Waals surface area contributed by atoms with Gasteiger partial charge in [-0.2, -0.15) is 0 Å². The smallest absolute Gasteiger partial charge is 0.247 e. The quantitative estimate of drug-likeness (QED) is 0.298. The molecule has 3 aliphatic rings. The molecule has 2 aromatic carbocycles. The molecule has 6 atom stereocenters. The van der Waals surface area contributed by atoms with Crippen LogP contribution in [-0.2, 0) is 32.3 Å². The van der Waals surface area contributed by atoms with E-state index in [0.29, 0.717) is 38.8 Å². The zero-order valence-corrected chi connectivity index (χ0v) is 24.0. The number of benzene rings is 2. The molecule has 3 amide bonds. The van der Waals surface area contributed by atoms with Gasteiger partial charge in [0.15, 0.2) is 0 Å². The highest BCUT2D eigenvalue weighted by molar-refractivity contribution is 5.99. The third-order valence-corrected chi connectivity index (χ3v) is 9.54. The highest BCUT2D eigenvalue weighted by atomic mass is 16.5. The number of para-hydroxylation sites is 1. The minimum Gasteiger partial charge on any atom is -0.396 e. The van der Waals surface area contributed by atoms with Crippen molar-refractivity contribution in [3.8, 4) is 0 Å². The van der Waals surface area contributed by atoms with Crippen LogP contribution in [0.15, 0.2) is 54.6 Å². The van der Waals surface area contributed by atoms with Crippen LogP contribution < -0.4 is 10.6 Å². The van der Waals surface area contributed by atoms with Crippen LogP contribution in [0.1, 0.15) is 45.1 Å². The van der Waals surface area contributed by atoms with Gasteiger partial charge in [0.1, 0.15) is 23.8 Å². The van der Waals surface area contributed by atoms with E-state index in [1.54, 1.807) is 9.58 Å². The number of likely N-dealkylation sites (tertiary alicyclic amines) is 1. The number of hydrogen-bond donors (Lipinski definition) is 3. The van der Waals surface area contributed by atoms with Crippen LogP contribution in [0.2, 0.25) is 0 Å². The minimum absolute atomic E-state index is 0.0436. The summed E-state index contributed by atoms with van der Waals surface area (Å²) in [4.78, 5) is 43.7. The second-order valence-electron chi connectivity index (χ2n) is 12.0. The summed E-state index contributed by atoms with van der Waals surface area (Å²) in [6, 6.07) is 16.2. The van der Waals surface area contributed by atoms with E-state index in [4.69, 9.17) is 4.74 Å². The van der Waals surface area contributed by atoms with Crippen LogP contribution in [0.25, 0.3) is 11.0 Å². The van der Waals surface area contributed by atoms with E-state index in [-0.39, 0.29) is 36.9 Å². The number of rotatable bonds is 11. The van der Waals surface area contributed by atoms with E-state index >= 15 is 0 Å². The summed E-state index contributed by atoms with van der Waals surface area (Å²) in [7, 11) is 0. The van der Waals surface area contributed by atoms with Crippen LogP contribution >= 0.6 is 0 Å². The molecule has 42 heavy (non-hydrogen) atoms. The lowest BCUT2D eigenvalue weighted by Gasteiger charge is -2.36. The first kappa shape index (κ1) is 28.3. The molecule has 0 saturated carbocycles. The summed E-state index contributed by atoms with van der Waals surface area (Å²) in [5, 5.41) is 23.6. The van der Waals surface area contributed by atoms with Gasteiger partial charge in [0.2, 0.25) is 17.7 Å². The summed E-state index contributed by atoms with van der Waals surface area (Å²) in [5.41, 5.74) is 0.460. The molecule has 3 N–H and O–H groups in total. The molecule has 6 rings (SSSR count). The maximum atomic E-state index is 14.2. The Morgan fingerprint density at radius 3 is 2.60 bits per heavy atom. The van der Waals surface area contributed by atoms with Gasteiger partial charge in [0.25, 0.3) is 0 Å². The lowest BCUT2D eigenvalue weighted by Crippen LogP contribution is -2.56. The Morgan fingerprint density at radius 1 is 1.05 bits per heavy atom. The average molecular weight is 575 g/mol. The molecular weight excluding hydrogens is 536 g/mol. The summed E-state index contributed by atoms with van der Waals surface area (Å²) in [6.45, 7) is 4.78. The predicted octanol–water partition coefficient (Wildman–Crippen LogP) is 1.99. The predicted molar refractivity (Wildman–Crippen MR) is 153 cm³/mol. The fourth-order valence-electron chi connectivity index (χ4n) is 7.43. The summed E-state index contributed by atoms with van der Waals surface area (Å²) in [6.07, 6.45) is 2.46. The number of carbonyl (C=O) groups excluding carboxylic acids is 3. The molecule has 11 nitrogen and oxygen atoms in total. The van der Waals surface area contributed by atoms with E-state index in [1.807, 2.05) is 68.4 Å². The number of carbonyl (C=O) groups is 3. The van der Waals surface area contributed by atoms with Crippen molar-refractivity contribution in [1.29, 1.82) is 0 Å². The number of ether oxygens (including phenoxy) is 1. The largest absolute Gasteiger partial charge is 0.396 e. The molecule has 1 spiro atoms. The Morgan fingerprint density at radius 2 is 1.81 bits per heavy atom. The van der Waals surface area contributed by atoms with Crippen molar-refractivity contribution < 1.29 is 24.2 Å². The molecule has 3 unspecified atom stereocenters. The maximum Gasteiger partial charge on any atom is 0.247 e. The van der Waals surface area contributed by atoms with Crippen LogP contribution in [0, 0.1) is 17.8 Å². The van der Waals surface area contributed by atoms with Gasteiger partial charge in [-0.3, -0.25) is 14.4 Å². The van der Waals surface area contributed by atoms with Crippen LogP contribution in [-0.4, -0.2) is 73.1 Å². The molecule has 1 aromatic heterocycles. The SMILES string of the molecule is CC1CC23O[C@@]1(C)[C@H](C(=O)NCc1ccccc1)[C@H]2C(=O)N(CCCCCO)C3C(=O)NCn1nnc2ccccc21. The van der Waals surface area contributed by atoms with Crippen molar-refractivity contribution >= 4 is 28.8 Å². The highest BCUT2D eigenvalue weighted by Crippen LogP contribution is 2.65. The first-order valence-electron chi connectivity index (χ1n) is 14.8. The van der Waals surface area contributed by atoms with Gasteiger partial charge < -0.3 is 25.4 Å². The molecule has 3 saturated heterocycles. The Kier molecular flexibility index (Phi) is 7.48. The molecule has 3 aromatic rings. The first-order chi connectivity index (χ1) is 20.3. The number of aliphatic hydroxyl groups is 1. The number of aliphatic hydroxyl groups excluding tert-OH is 1. The maximum absolute atomic E-state index is 14.2. The summed E-state index contributed by atoms with van der Waals surface area (Å²) in [5.74, 6) is -2.33. The summed E-state index contributed by atoms with van der Waals surface area (Å²) < 4.78 is 8.39. The highest BCUT2D eigenvalue weighted by Gasteiger charge is 2.79. The number of unbranched alkanes of at least 4 members (excludes halogenated alkanes) is 2. The van der Waals surface area contributed by atoms with E-state index in [9.17, 15) is 19.5 Å². The zero-order valence-electron chi connectivity index (χ0n) is 24.0. The molecule has 222 valence electrons. The van der Waals surface area contributed by atoms with E-state index in [0.717, 1.165) is 16.6 Å². The van der Waals surface area contributed by atoms with Crippen molar-refractivity contribution in [3.63, 3.8) is 0 Å². The fourth-order valence-corrected chi connectivity index (χ4v) is 7.43. The molecule has 0 radical (unpaired) electrons. The molecule has 4 heterocycles. The van der Waals surface area contributed by atoms with E-state index in [1.165, 1.54) is 0 Å². The molecule has 0 aliphatic carbocycles. The number of fused-ring (bicyclic) bond motifs is 2. The Hall–Kier alpha value is -3.83. The third-order valence-electron chi connectivity index (χ3n) is 9.54. The monoisotopic (exact) mass is 574 g/mol. The van der Waals surface area contributed by atoms with Crippen molar-refractivity contribution in [1.82, 2.24) is 30.5 Å². The number of hydrogen-bond acceptors (Lipinski definition) is 7. The van der Waals surface area contributed by atoms with Crippen molar-refractivity contribution in [2.45, 2.75) is 70.0 Å². The van der Waals surface area contributed by atoms with Crippen molar-refractivity contribution in [2.24, 2.45) is 17.8 Å². The van der Waals surface area contributed by atoms with Crippen molar-refractivity contribution in [2.75, 3.05) is 13.2 Å². The van der Waals surface area contributed by atoms with Gasteiger partial charge in [-0.05, 0) is 56.2 Å². The summed E-state index contributed by atoms with van der Waals surface area (Å²) >= 11 is 0. The molecule has 2 bridgehead atoms. The number of nitrogens with zero attached hydrogens (tertiary/aromatic N) is 4. The Balaban J connectivity index is 1.28. The topological polar surface area (TPSA) is 139 Å². The van der Waals surface area contributed by atoms with Gasteiger partial charge >= 0.3 is 0 Å². The number of nitrogens with one attached hydrogen (secondary N) is 2.